The van der Waals surface area contributed by atoms with Gasteiger partial charge in [0.2, 0.25) is 5.91 Å². The largest absolute Gasteiger partial charge is 0.383 e. The van der Waals surface area contributed by atoms with E-state index in [0.717, 1.165) is 22.2 Å². The van der Waals surface area contributed by atoms with Crippen molar-refractivity contribution in [2.45, 2.75) is 0 Å². The van der Waals surface area contributed by atoms with Crippen LogP contribution in [-0.4, -0.2) is 71.7 Å². The first kappa shape index (κ1) is 19.8. The second-order valence-electron chi connectivity index (χ2n) is 7.21. The topological polar surface area (TPSA) is 78.5 Å². The van der Waals surface area contributed by atoms with Crippen LogP contribution < -0.4 is 0 Å². The number of amides is 2. The Kier molecular flexibility index (Phi) is 5.90. The Morgan fingerprint density at radius 1 is 1.13 bits per heavy atom. The monoisotopic (exact) mass is 404 g/mol. The van der Waals surface area contributed by atoms with Crippen molar-refractivity contribution < 1.29 is 14.3 Å². The molecule has 0 saturated carbocycles. The third-order valence-corrected chi connectivity index (χ3v) is 5.26. The number of methoxy groups -OCH3 is 1. The smallest absolute Gasteiger partial charge is 0.254 e. The summed E-state index contributed by atoms with van der Waals surface area (Å²) in [5, 5.41) is 8.41. The van der Waals surface area contributed by atoms with Gasteiger partial charge >= 0.3 is 0 Å². The lowest BCUT2D eigenvalue weighted by molar-refractivity contribution is -0.135. The highest BCUT2D eigenvalue weighted by Gasteiger charge is 2.27. The van der Waals surface area contributed by atoms with Gasteiger partial charge in [-0.05, 0) is 29.8 Å². The Labute approximate surface area is 174 Å². The molecule has 0 aliphatic carbocycles. The lowest BCUT2D eigenvalue weighted by Crippen LogP contribution is -2.52. The van der Waals surface area contributed by atoms with Crippen molar-refractivity contribution in [2.24, 2.45) is 0 Å². The Morgan fingerprint density at radius 3 is 2.70 bits per heavy atom. The molecule has 2 amide bonds. The number of carbonyl (C=O) groups is 2. The van der Waals surface area contributed by atoms with E-state index in [9.17, 15) is 9.59 Å². The van der Waals surface area contributed by atoms with Crippen molar-refractivity contribution in [3.05, 3.63) is 65.4 Å². The number of fused-ring (bicyclic) bond motifs is 1. The fourth-order valence-corrected chi connectivity index (χ4v) is 3.53. The van der Waals surface area contributed by atoms with Crippen LogP contribution in [0.25, 0.3) is 23.1 Å². The summed E-state index contributed by atoms with van der Waals surface area (Å²) in [4.78, 5) is 28.4. The van der Waals surface area contributed by atoms with E-state index < -0.39 is 0 Å². The third-order valence-electron chi connectivity index (χ3n) is 5.26. The highest BCUT2D eigenvalue weighted by atomic mass is 16.5. The second kappa shape index (κ2) is 8.92. The van der Waals surface area contributed by atoms with Crippen LogP contribution in [0, 0.1) is 0 Å². The summed E-state index contributed by atoms with van der Waals surface area (Å²) in [5.74, 6) is -0.166. The minimum atomic E-state index is -0.122. The molecule has 154 valence electrons. The second-order valence-corrected chi connectivity index (χ2v) is 7.21. The van der Waals surface area contributed by atoms with Crippen LogP contribution >= 0.6 is 0 Å². The van der Waals surface area contributed by atoms with Gasteiger partial charge in [-0.2, -0.15) is 5.10 Å². The van der Waals surface area contributed by atoms with Crippen LogP contribution in [0.15, 0.2) is 48.5 Å². The number of hydrogen-bond donors (Lipinski definition) is 1. The zero-order chi connectivity index (χ0) is 20.9. The SMILES string of the molecule is COCCN1CCN(C(=O)c2ccc(C=Cc3n[nH]c4ccccc34)cc2)CC1=O. The minimum Gasteiger partial charge on any atom is -0.383 e. The van der Waals surface area contributed by atoms with E-state index in [1.54, 1.807) is 29.0 Å². The van der Waals surface area contributed by atoms with E-state index in [4.69, 9.17) is 4.74 Å². The van der Waals surface area contributed by atoms with E-state index in [0.29, 0.717) is 31.8 Å². The molecule has 0 spiro atoms. The third kappa shape index (κ3) is 4.26. The van der Waals surface area contributed by atoms with Crippen molar-refractivity contribution in [1.29, 1.82) is 0 Å². The first-order valence-electron chi connectivity index (χ1n) is 9.93. The predicted octanol–water partition coefficient (Wildman–Crippen LogP) is 2.66. The van der Waals surface area contributed by atoms with E-state index in [1.165, 1.54) is 0 Å². The molecule has 7 heteroatoms. The van der Waals surface area contributed by atoms with Crippen molar-refractivity contribution >= 4 is 34.9 Å². The maximum Gasteiger partial charge on any atom is 0.254 e. The van der Waals surface area contributed by atoms with Crippen molar-refractivity contribution in [1.82, 2.24) is 20.0 Å². The van der Waals surface area contributed by atoms with Gasteiger partial charge in [-0.1, -0.05) is 36.4 Å². The van der Waals surface area contributed by atoms with Gasteiger partial charge in [0, 0.05) is 37.7 Å². The van der Waals surface area contributed by atoms with Gasteiger partial charge in [0.15, 0.2) is 0 Å². The zero-order valence-corrected chi connectivity index (χ0v) is 16.9. The average Bonchev–Trinajstić information content (AvgIpc) is 3.20. The number of nitrogens with zero attached hydrogens (tertiary/aromatic N) is 3. The van der Waals surface area contributed by atoms with Crippen LogP contribution in [0.4, 0.5) is 0 Å². The number of hydrogen-bond acceptors (Lipinski definition) is 4. The zero-order valence-electron chi connectivity index (χ0n) is 16.9. The molecular formula is C23H24N4O3. The predicted molar refractivity (Wildman–Crippen MR) is 116 cm³/mol. The molecule has 0 radical (unpaired) electrons. The Balaban J connectivity index is 1.40. The molecule has 3 aromatic rings. The molecule has 1 aliphatic rings. The number of nitrogens with one attached hydrogen (secondary N) is 1. The quantitative estimate of drug-likeness (QED) is 0.685. The molecular weight excluding hydrogens is 380 g/mol. The molecule has 1 fully saturated rings. The highest BCUT2D eigenvalue weighted by molar-refractivity contribution is 5.97. The number of aromatic nitrogens is 2. The first-order chi connectivity index (χ1) is 14.7. The van der Waals surface area contributed by atoms with Crippen LogP contribution in [0.1, 0.15) is 21.6 Å². The number of ether oxygens (including phenoxy) is 1. The molecule has 30 heavy (non-hydrogen) atoms. The van der Waals surface area contributed by atoms with Gasteiger partial charge in [0.05, 0.1) is 17.8 Å². The number of piperazine rings is 1. The number of benzene rings is 2. The van der Waals surface area contributed by atoms with Gasteiger partial charge in [0.25, 0.3) is 5.91 Å². The standard InChI is InChI=1S/C23H24N4O3/c1-30-15-14-26-12-13-27(16-22(26)28)23(29)18-9-6-17(7-10-18)8-11-21-19-4-2-3-5-20(19)24-25-21/h2-11H,12-16H2,1H3,(H,24,25). The normalized spacial score (nSPS) is 14.8. The molecule has 1 saturated heterocycles. The summed E-state index contributed by atoms with van der Waals surface area (Å²) in [7, 11) is 1.61. The van der Waals surface area contributed by atoms with Crippen LogP contribution in [-0.2, 0) is 9.53 Å². The molecule has 1 aliphatic heterocycles. The number of aromatic amines is 1. The molecule has 0 unspecified atom stereocenters. The number of carbonyl (C=O) groups excluding carboxylic acids is 2. The van der Waals surface area contributed by atoms with Gasteiger partial charge in [0.1, 0.15) is 6.54 Å². The molecule has 0 bridgehead atoms. The Morgan fingerprint density at radius 2 is 1.93 bits per heavy atom. The molecule has 7 nitrogen and oxygen atoms in total. The number of rotatable bonds is 6. The number of H-pyrrole nitrogens is 1. The van der Waals surface area contributed by atoms with Gasteiger partial charge in [-0.15, -0.1) is 0 Å². The lowest BCUT2D eigenvalue weighted by atomic mass is 10.1. The first-order valence-corrected chi connectivity index (χ1v) is 9.93. The Bertz CT molecular complexity index is 1070. The molecule has 1 aromatic heterocycles. The molecule has 2 aromatic carbocycles. The Hall–Kier alpha value is -3.45. The summed E-state index contributed by atoms with van der Waals surface area (Å²) < 4.78 is 5.03. The average molecular weight is 404 g/mol. The van der Waals surface area contributed by atoms with E-state index in [2.05, 4.69) is 10.2 Å². The molecule has 0 atom stereocenters. The van der Waals surface area contributed by atoms with E-state index in [-0.39, 0.29) is 18.4 Å². The van der Waals surface area contributed by atoms with Crippen LogP contribution in [0.5, 0.6) is 0 Å². The van der Waals surface area contributed by atoms with Crippen LogP contribution in [0.2, 0.25) is 0 Å². The van der Waals surface area contributed by atoms with Crippen molar-refractivity contribution in [3.63, 3.8) is 0 Å². The summed E-state index contributed by atoms with van der Waals surface area (Å²) in [6.07, 6.45) is 3.92. The molecule has 1 N–H and O–H groups in total. The summed E-state index contributed by atoms with van der Waals surface area (Å²) >= 11 is 0. The van der Waals surface area contributed by atoms with Gasteiger partial charge in [-0.3, -0.25) is 14.7 Å². The molecule has 4 rings (SSSR count). The minimum absolute atomic E-state index is 0.0440. The van der Waals surface area contributed by atoms with Crippen LogP contribution in [0.3, 0.4) is 0 Å². The van der Waals surface area contributed by atoms with E-state index >= 15 is 0 Å². The lowest BCUT2D eigenvalue weighted by Gasteiger charge is -2.34. The molecule has 2 heterocycles. The van der Waals surface area contributed by atoms with E-state index in [1.807, 2.05) is 48.6 Å². The van der Waals surface area contributed by atoms with Gasteiger partial charge in [-0.25, -0.2) is 0 Å². The summed E-state index contributed by atoms with van der Waals surface area (Å²) in [5.41, 5.74) is 3.42. The fourth-order valence-electron chi connectivity index (χ4n) is 3.53. The van der Waals surface area contributed by atoms with Crippen molar-refractivity contribution in [3.8, 4) is 0 Å². The highest BCUT2D eigenvalue weighted by Crippen LogP contribution is 2.18. The summed E-state index contributed by atoms with van der Waals surface area (Å²) in [6.45, 7) is 2.23. The maximum absolute atomic E-state index is 12.8. The fraction of sp³-hybridized carbons (Fsp3) is 0.261. The van der Waals surface area contributed by atoms with Crippen molar-refractivity contribution in [2.75, 3.05) is 39.9 Å². The van der Waals surface area contributed by atoms with Gasteiger partial charge < -0.3 is 14.5 Å². The number of para-hydroxylation sites is 1. The maximum atomic E-state index is 12.8. The summed E-state index contributed by atoms with van der Waals surface area (Å²) in [6, 6.07) is 15.4.